The second-order valence-corrected chi connectivity index (χ2v) is 18.8. The summed E-state index contributed by atoms with van der Waals surface area (Å²) in [4.78, 5) is 37.0. The third-order valence-electron chi connectivity index (χ3n) is 12.0. The van der Waals surface area contributed by atoms with Crippen LogP contribution in [0.5, 0.6) is 0 Å². The Hall–Kier alpha value is -1.67. The summed E-state index contributed by atoms with van der Waals surface area (Å²) < 4.78 is 17.2. The number of aliphatic carboxylic acids is 1. The van der Waals surface area contributed by atoms with Crippen molar-refractivity contribution in [2.24, 2.45) is 0 Å². The number of ether oxygens (including phenoxy) is 3. The number of carboxylic acids is 1. The van der Waals surface area contributed by atoms with E-state index in [2.05, 4.69) is 13.8 Å². The van der Waals surface area contributed by atoms with Crippen LogP contribution in [0.3, 0.4) is 0 Å². The summed E-state index contributed by atoms with van der Waals surface area (Å²) in [5.74, 6) is -1.71. The summed E-state index contributed by atoms with van der Waals surface area (Å²) in [6.07, 6.45) is 45.6. The van der Waals surface area contributed by atoms with E-state index in [1.807, 2.05) is 21.1 Å². The number of likely N-dealkylation sites (N-methyl/N-ethyl adjacent to an activating group) is 1. The zero-order valence-corrected chi connectivity index (χ0v) is 40.0. The molecule has 8 nitrogen and oxygen atoms in total. The summed E-state index contributed by atoms with van der Waals surface area (Å²) in [6, 6.07) is -0.719. The average molecular weight is 838 g/mol. The van der Waals surface area contributed by atoms with Crippen LogP contribution in [-0.2, 0) is 28.6 Å². The topological polar surface area (TPSA) is 102 Å². The first-order chi connectivity index (χ1) is 28.6. The average Bonchev–Trinajstić information content (AvgIpc) is 3.19. The molecule has 2 unspecified atom stereocenters. The molecule has 59 heavy (non-hydrogen) atoms. The second-order valence-electron chi connectivity index (χ2n) is 18.8. The fraction of sp³-hybridized carbons (Fsp3) is 0.941. The van der Waals surface area contributed by atoms with Gasteiger partial charge in [-0.3, -0.25) is 9.59 Å². The Balaban J connectivity index is 4.15. The molecule has 0 fully saturated rings. The number of esters is 2. The van der Waals surface area contributed by atoms with Gasteiger partial charge in [-0.1, -0.05) is 226 Å². The van der Waals surface area contributed by atoms with E-state index in [1.165, 1.54) is 186 Å². The normalized spacial score (nSPS) is 12.8. The van der Waals surface area contributed by atoms with E-state index in [4.69, 9.17) is 14.2 Å². The van der Waals surface area contributed by atoms with Crippen molar-refractivity contribution in [3.8, 4) is 0 Å². The van der Waals surface area contributed by atoms with Crippen LogP contribution in [-0.4, -0.2) is 75.5 Å². The highest BCUT2D eigenvalue weighted by Gasteiger charge is 2.25. The molecule has 0 bridgehead atoms. The number of carbonyl (C=O) groups excluding carboxylic acids is 3. The molecule has 0 aromatic carbocycles. The molecule has 0 aliphatic heterocycles. The Morgan fingerprint density at radius 2 is 0.746 bits per heavy atom. The van der Waals surface area contributed by atoms with Crippen molar-refractivity contribution in [2.75, 3.05) is 41.0 Å². The van der Waals surface area contributed by atoms with Gasteiger partial charge < -0.3 is 28.6 Å². The van der Waals surface area contributed by atoms with Crippen molar-refractivity contribution in [3.63, 3.8) is 0 Å². The minimum absolute atomic E-state index is 0.0496. The van der Waals surface area contributed by atoms with Crippen molar-refractivity contribution in [1.82, 2.24) is 0 Å². The molecule has 0 aromatic rings. The van der Waals surface area contributed by atoms with Gasteiger partial charge in [-0.05, 0) is 12.8 Å². The van der Waals surface area contributed by atoms with Gasteiger partial charge >= 0.3 is 11.9 Å². The van der Waals surface area contributed by atoms with E-state index in [-0.39, 0.29) is 42.7 Å². The SMILES string of the molecule is CCCCCCCCCCCCCCCCCCCCCCCCC(=O)OC(COCCC(C(=O)[O-])[N+](C)(C)C)COC(=O)CCCCCCCCCCCCCCC. The number of quaternary nitrogens is 1. The molecule has 0 spiro atoms. The van der Waals surface area contributed by atoms with Crippen LogP contribution in [0.2, 0.25) is 0 Å². The zero-order valence-electron chi connectivity index (χ0n) is 40.0. The number of unbranched alkanes of at least 4 members (excludes halogenated alkanes) is 33. The van der Waals surface area contributed by atoms with E-state index in [1.54, 1.807) is 0 Å². The Bertz CT molecular complexity index is 936. The molecule has 0 aliphatic rings. The lowest BCUT2D eigenvalue weighted by Crippen LogP contribution is -2.55. The van der Waals surface area contributed by atoms with E-state index in [9.17, 15) is 19.5 Å². The molecule has 0 heterocycles. The van der Waals surface area contributed by atoms with Crippen LogP contribution in [0.1, 0.15) is 258 Å². The Morgan fingerprint density at radius 1 is 0.441 bits per heavy atom. The van der Waals surface area contributed by atoms with Crippen molar-refractivity contribution >= 4 is 17.9 Å². The third-order valence-corrected chi connectivity index (χ3v) is 12.0. The number of rotatable bonds is 47. The number of hydrogen-bond donors (Lipinski definition) is 0. The lowest BCUT2D eigenvalue weighted by molar-refractivity contribution is -0.889. The van der Waals surface area contributed by atoms with Gasteiger partial charge in [-0.15, -0.1) is 0 Å². The molecule has 2 atom stereocenters. The van der Waals surface area contributed by atoms with E-state index in [0.29, 0.717) is 12.8 Å². The van der Waals surface area contributed by atoms with E-state index < -0.39 is 18.1 Å². The molecule has 0 saturated heterocycles. The molecule has 0 amide bonds. The standard InChI is InChI=1S/C51H99NO7/c1-6-8-10-12-14-16-18-20-21-22-23-24-25-26-27-28-30-32-34-36-38-40-42-50(54)59-47(45-57-44-43-48(51(55)56)52(3,4)5)46-58-49(53)41-39-37-35-33-31-29-19-17-15-13-11-9-7-2/h47-48H,6-46H2,1-5H3. The maximum Gasteiger partial charge on any atom is 0.306 e. The summed E-state index contributed by atoms with van der Waals surface area (Å²) >= 11 is 0. The van der Waals surface area contributed by atoms with Crippen molar-refractivity contribution in [1.29, 1.82) is 0 Å². The van der Waals surface area contributed by atoms with E-state index in [0.717, 1.165) is 38.5 Å². The van der Waals surface area contributed by atoms with Crippen molar-refractivity contribution in [2.45, 2.75) is 270 Å². The van der Waals surface area contributed by atoms with Crippen molar-refractivity contribution in [3.05, 3.63) is 0 Å². The highest BCUT2D eigenvalue weighted by atomic mass is 16.6. The van der Waals surface area contributed by atoms with Gasteiger partial charge in [0.15, 0.2) is 6.10 Å². The highest BCUT2D eigenvalue weighted by Crippen LogP contribution is 2.17. The van der Waals surface area contributed by atoms with Gasteiger partial charge in [0, 0.05) is 19.3 Å². The Labute approximate surface area is 366 Å². The van der Waals surface area contributed by atoms with Gasteiger partial charge in [-0.25, -0.2) is 0 Å². The molecule has 0 aliphatic carbocycles. The van der Waals surface area contributed by atoms with Crippen LogP contribution in [0.25, 0.3) is 0 Å². The summed E-state index contributed by atoms with van der Waals surface area (Å²) in [5, 5.41) is 11.6. The molecule has 350 valence electrons. The molecule has 8 heteroatoms. The maximum absolute atomic E-state index is 12.8. The number of carboxylic acid groups (broad SMARTS) is 1. The van der Waals surface area contributed by atoms with Crippen LogP contribution < -0.4 is 5.11 Å². The van der Waals surface area contributed by atoms with Gasteiger partial charge in [0.05, 0.1) is 40.3 Å². The molecule has 0 aromatic heterocycles. The van der Waals surface area contributed by atoms with Gasteiger partial charge in [-0.2, -0.15) is 0 Å². The molecule has 0 saturated carbocycles. The third kappa shape index (κ3) is 41.5. The predicted octanol–water partition coefficient (Wildman–Crippen LogP) is 13.1. The van der Waals surface area contributed by atoms with Crippen LogP contribution in [0, 0.1) is 0 Å². The second kappa shape index (κ2) is 43.0. The van der Waals surface area contributed by atoms with Crippen molar-refractivity contribution < 1.29 is 38.2 Å². The monoisotopic (exact) mass is 838 g/mol. The number of nitrogens with zero attached hydrogens (tertiary/aromatic N) is 1. The maximum atomic E-state index is 12.8. The number of hydrogen-bond acceptors (Lipinski definition) is 7. The molecule has 0 rings (SSSR count). The fourth-order valence-electron chi connectivity index (χ4n) is 8.02. The lowest BCUT2D eigenvalue weighted by Gasteiger charge is -2.34. The summed E-state index contributed by atoms with van der Waals surface area (Å²) in [5.41, 5.74) is 0. The van der Waals surface area contributed by atoms with E-state index >= 15 is 0 Å². The fourth-order valence-corrected chi connectivity index (χ4v) is 8.02. The molecular formula is C51H99NO7. The number of carbonyl (C=O) groups is 3. The lowest BCUT2D eigenvalue weighted by atomic mass is 10.0. The van der Waals surface area contributed by atoms with Crippen LogP contribution >= 0.6 is 0 Å². The Kier molecular flexibility index (Phi) is 41.8. The molecular weight excluding hydrogens is 739 g/mol. The smallest absolute Gasteiger partial charge is 0.306 e. The highest BCUT2D eigenvalue weighted by molar-refractivity contribution is 5.70. The van der Waals surface area contributed by atoms with Crippen LogP contribution in [0.4, 0.5) is 0 Å². The zero-order chi connectivity index (χ0) is 43.5. The first-order valence-corrected chi connectivity index (χ1v) is 25.6. The van der Waals surface area contributed by atoms with Gasteiger partial charge in [0.25, 0.3) is 0 Å². The predicted molar refractivity (Wildman–Crippen MR) is 245 cm³/mol. The minimum atomic E-state index is -1.12. The van der Waals surface area contributed by atoms with Gasteiger partial charge in [0.1, 0.15) is 12.6 Å². The summed E-state index contributed by atoms with van der Waals surface area (Å²) in [6.45, 7) is 4.72. The minimum Gasteiger partial charge on any atom is -0.544 e. The quantitative estimate of drug-likeness (QED) is 0.0342. The largest absolute Gasteiger partial charge is 0.544 e. The molecule has 0 radical (unpaired) electrons. The first-order valence-electron chi connectivity index (χ1n) is 25.6. The Morgan fingerprint density at radius 3 is 1.05 bits per heavy atom. The molecule has 0 N–H and O–H groups in total. The first kappa shape index (κ1) is 57.3. The summed E-state index contributed by atoms with van der Waals surface area (Å²) in [7, 11) is 5.43. The van der Waals surface area contributed by atoms with Crippen LogP contribution in [0.15, 0.2) is 0 Å². The van der Waals surface area contributed by atoms with Gasteiger partial charge in [0.2, 0.25) is 0 Å².